The zero-order valence-corrected chi connectivity index (χ0v) is 19.9. The van der Waals surface area contributed by atoms with Crippen LogP contribution in [0, 0.1) is 5.82 Å². The van der Waals surface area contributed by atoms with Crippen LogP contribution < -0.4 is 10.2 Å². The van der Waals surface area contributed by atoms with Crippen molar-refractivity contribution in [3.63, 3.8) is 0 Å². The van der Waals surface area contributed by atoms with Crippen LogP contribution in [-0.2, 0) is 10.8 Å². The first-order chi connectivity index (χ1) is 12.3. The Balaban J connectivity index is 0.00000364. The van der Waals surface area contributed by atoms with Crippen LogP contribution in [0.3, 0.4) is 0 Å². The van der Waals surface area contributed by atoms with Crippen molar-refractivity contribution in [3.8, 4) is 0 Å². The fourth-order valence-corrected chi connectivity index (χ4v) is 3.70. The molecule has 1 N–H and O–H groups in total. The van der Waals surface area contributed by atoms with E-state index in [0.717, 1.165) is 38.7 Å². The summed E-state index contributed by atoms with van der Waals surface area (Å²) in [6.07, 6.45) is 0. The van der Waals surface area contributed by atoms with E-state index in [-0.39, 0.29) is 34.5 Å². The van der Waals surface area contributed by atoms with Gasteiger partial charge in [0.2, 0.25) is 0 Å². The maximum absolute atomic E-state index is 14.0. The Morgan fingerprint density at radius 3 is 2.41 bits per heavy atom. The number of hydrogen-bond donors (Lipinski definition) is 1. The number of nitrogens with one attached hydrogen (secondary N) is 1. The smallest absolute Gasteiger partial charge is 0.194 e. The molecule has 0 saturated carbocycles. The Morgan fingerprint density at radius 1 is 1.22 bits per heavy atom. The molecule has 0 amide bonds. The van der Waals surface area contributed by atoms with E-state index in [2.05, 4.69) is 20.1 Å². The molecule has 1 fully saturated rings. The number of para-hydroxylation sites is 1. The molecule has 0 radical (unpaired) electrons. The van der Waals surface area contributed by atoms with Crippen LogP contribution in [0.1, 0.15) is 27.7 Å². The van der Waals surface area contributed by atoms with Gasteiger partial charge in [0.15, 0.2) is 5.96 Å². The van der Waals surface area contributed by atoms with E-state index in [4.69, 9.17) is 0 Å². The topological polar surface area (TPSA) is 47.9 Å². The van der Waals surface area contributed by atoms with E-state index >= 15 is 0 Å². The summed E-state index contributed by atoms with van der Waals surface area (Å²) in [5.41, 5.74) is 0.662. The zero-order chi connectivity index (χ0) is 19.2. The molecule has 1 aliphatic rings. The third kappa shape index (κ3) is 7.21. The lowest BCUT2D eigenvalue weighted by atomic mass is 10.2. The van der Waals surface area contributed by atoms with Crippen LogP contribution in [0.2, 0.25) is 0 Å². The van der Waals surface area contributed by atoms with Crippen molar-refractivity contribution in [1.82, 2.24) is 10.2 Å². The minimum Gasteiger partial charge on any atom is -0.366 e. The number of rotatable bonds is 5. The molecule has 1 heterocycles. The van der Waals surface area contributed by atoms with Crippen molar-refractivity contribution in [2.24, 2.45) is 4.99 Å². The number of anilines is 1. The molecule has 1 aliphatic heterocycles. The number of piperazine rings is 1. The van der Waals surface area contributed by atoms with Crippen molar-refractivity contribution in [2.75, 3.05) is 49.9 Å². The maximum Gasteiger partial charge on any atom is 0.194 e. The number of nitrogens with zero attached hydrogens (tertiary/aromatic N) is 3. The molecule has 1 unspecified atom stereocenters. The molecule has 0 aromatic heterocycles. The molecule has 2 rings (SSSR count). The van der Waals surface area contributed by atoms with Crippen LogP contribution in [0.4, 0.5) is 10.1 Å². The van der Waals surface area contributed by atoms with Crippen molar-refractivity contribution in [3.05, 3.63) is 30.1 Å². The zero-order valence-electron chi connectivity index (χ0n) is 16.7. The molecule has 0 spiro atoms. The lowest BCUT2D eigenvalue weighted by Gasteiger charge is -2.37. The minimum atomic E-state index is -0.899. The summed E-state index contributed by atoms with van der Waals surface area (Å²) < 4.78 is 25.9. The summed E-state index contributed by atoms with van der Waals surface area (Å²) in [7, 11) is -0.899. The van der Waals surface area contributed by atoms with Gasteiger partial charge in [0.05, 0.1) is 12.2 Å². The van der Waals surface area contributed by atoms with Crippen molar-refractivity contribution >= 4 is 46.4 Å². The fourth-order valence-electron chi connectivity index (χ4n) is 2.83. The Morgan fingerprint density at radius 2 is 1.85 bits per heavy atom. The quantitative estimate of drug-likeness (QED) is 0.376. The molecular formula is C19H32FIN4OS. The normalized spacial score (nSPS) is 16.7. The molecule has 1 atom stereocenters. The van der Waals surface area contributed by atoms with Crippen LogP contribution in [0.25, 0.3) is 0 Å². The van der Waals surface area contributed by atoms with Gasteiger partial charge >= 0.3 is 0 Å². The first-order valence-corrected chi connectivity index (χ1v) is 10.6. The average Bonchev–Trinajstić information content (AvgIpc) is 2.61. The van der Waals surface area contributed by atoms with E-state index in [9.17, 15) is 8.60 Å². The van der Waals surface area contributed by atoms with Gasteiger partial charge in [-0.25, -0.2) is 4.39 Å². The second-order valence-electron chi connectivity index (χ2n) is 7.32. The molecule has 1 saturated heterocycles. The average molecular weight is 510 g/mol. The Labute approximate surface area is 182 Å². The molecular weight excluding hydrogens is 478 g/mol. The van der Waals surface area contributed by atoms with Gasteiger partial charge in [0, 0.05) is 54.0 Å². The lowest BCUT2D eigenvalue weighted by Crippen LogP contribution is -2.52. The van der Waals surface area contributed by atoms with Crippen LogP contribution in [0.15, 0.2) is 29.3 Å². The molecule has 5 nitrogen and oxygen atoms in total. The largest absolute Gasteiger partial charge is 0.366 e. The highest BCUT2D eigenvalue weighted by Crippen LogP contribution is 2.20. The van der Waals surface area contributed by atoms with Gasteiger partial charge in [-0.3, -0.25) is 9.20 Å². The van der Waals surface area contributed by atoms with Gasteiger partial charge in [-0.1, -0.05) is 12.1 Å². The molecule has 0 aliphatic carbocycles. The van der Waals surface area contributed by atoms with Gasteiger partial charge in [-0.2, -0.15) is 0 Å². The summed E-state index contributed by atoms with van der Waals surface area (Å²) in [6, 6.07) is 6.91. The van der Waals surface area contributed by atoms with Gasteiger partial charge in [0.25, 0.3) is 0 Å². The summed E-state index contributed by atoms with van der Waals surface area (Å²) in [6.45, 7) is 12.4. The maximum atomic E-state index is 14.0. The van der Waals surface area contributed by atoms with Gasteiger partial charge in [-0.05, 0) is 39.8 Å². The number of halogens is 2. The van der Waals surface area contributed by atoms with Gasteiger partial charge in [0.1, 0.15) is 5.82 Å². The summed E-state index contributed by atoms with van der Waals surface area (Å²) in [4.78, 5) is 8.92. The van der Waals surface area contributed by atoms with Crippen LogP contribution in [0.5, 0.6) is 0 Å². The fraction of sp³-hybridized carbons (Fsp3) is 0.632. The van der Waals surface area contributed by atoms with Crippen LogP contribution >= 0.6 is 24.0 Å². The first-order valence-electron chi connectivity index (χ1n) is 9.24. The summed E-state index contributed by atoms with van der Waals surface area (Å²) in [5, 5.41) is 3.32. The highest BCUT2D eigenvalue weighted by atomic mass is 127. The number of hydrogen-bond acceptors (Lipinski definition) is 3. The molecule has 154 valence electrons. The van der Waals surface area contributed by atoms with E-state index in [1.165, 1.54) is 6.07 Å². The predicted octanol–water partition coefficient (Wildman–Crippen LogP) is 3.08. The predicted molar refractivity (Wildman–Crippen MR) is 124 cm³/mol. The number of aliphatic imine (C=N–C) groups is 1. The second-order valence-corrected chi connectivity index (χ2v) is 9.65. The molecule has 27 heavy (non-hydrogen) atoms. The van der Waals surface area contributed by atoms with E-state index in [0.29, 0.717) is 18.0 Å². The summed E-state index contributed by atoms with van der Waals surface area (Å²) >= 11 is 0. The van der Waals surface area contributed by atoms with Crippen molar-refractivity contribution in [1.29, 1.82) is 0 Å². The third-order valence-corrected chi connectivity index (χ3v) is 6.25. The second kappa shape index (κ2) is 11.2. The van der Waals surface area contributed by atoms with Crippen molar-refractivity contribution < 1.29 is 8.60 Å². The molecule has 0 bridgehead atoms. The van der Waals surface area contributed by atoms with E-state index in [1.54, 1.807) is 6.07 Å². The molecule has 1 aromatic carbocycles. The lowest BCUT2D eigenvalue weighted by molar-refractivity contribution is 0.371. The van der Waals surface area contributed by atoms with Gasteiger partial charge < -0.3 is 15.1 Å². The molecule has 1 aromatic rings. The number of benzene rings is 1. The minimum absolute atomic E-state index is 0. The number of guanidine groups is 1. The first kappa shape index (κ1) is 24.1. The summed E-state index contributed by atoms with van der Waals surface area (Å²) in [5.74, 6) is 1.24. The highest BCUT2D eigenvalue weighted by Gasteiger charge is 2.22. The Bertz CT molecular complexity index is 643. The Kier molecular flexibility index (Phi) is 10.0. The molecule has 8 heteroatoms. The third-order valence-electron chi connectivity index (χ3n) is 4.33. The SMILES string of the molecule is CCNC(=NCCS(=O)C(C)(C)C)N1CCN(c2ccccc2F)CC1.I. The monoisotopic (exact) mass is 510 g/mol. The van der Waals surface area contributed by atoms with E-state index in [1.807, 2.05) is 39.8 Å². The van der Waals surface area contributed by atoms with E-state index < -0.39 is 10.8 Å². The van der Waals surface area contributed by atoms with Crippen molar-refractivity contribution in [2.45, 2.75) is 32.4 Å². The van der Waals surface area contributed by atoms with Gasteiger partial charge in [-0.15, -0.1) is 24.0 Å². The highest BCUT2D eigenvalue weighted by molar-refractivity contribution is 14.0. The van der Waals surface area contributed by atoms with Crippen LogP contribution in [-0.4, -0.2) is 64.8 Å². The standard InChI is InChI=1S/C19H31FN4OS.HI/c1-5-21-18(22-10-15-26(25)19(2,3)4)24-13-11-23(12-14-24)17-9-7-6-8-16(17)20;/h6-9H,5,10-15H2,1-4H3,(H,21,22);1H. The Hall–Kier alpha value is -0.900.